The lowest BCUT2D eigenvalue weighted by Crippen LogP contribution is -2.28. The van der Waals surface area contributed by atoms with E-state index >= 15 is 0 Å². The number of hydrogen-bond donors (Lipinski definition) is 1. The highest BCUT2D eigenvalue weighted by Crippen LogP contribution is 2.35. The fourth-order valence-corrected chi connectivity index (χ4v) is 2.65. The summed E-state index contributed by atoms with van der Waals surface area (Å²) in [4.78, 5) is 0. The van der Waals surface area contributed by atoms with E-state index in [9.17, 15) is 4.39 Å². The van der Waals surface area contributed by atoms with Gasteiger partial charge in [-0.25, -0.2) is 4.39 Å². The van der Waals surface area contributed by atoms with Crippen LogP contribution in [0.25, 0.3) is 0 Å². The van der Waals surface area contributed by atoms with Crippen molar-refractivity contribution in [3.63, 3.8) is 0 Å². The Morgan fingerprint density at radius 1 is 1.10 bits per heavy atom. The van der Waals surface area contributed by atoms with Crippen molar-refractivity contribution in [3.8, 4) is 11.5 Å². The normalized spacial score (nSPS) is 13.8. The molecule has 0 fully saturated rings. The third kappa shape index (κ3) is 4.60. The maximum Gasteiger partial charge on any atom is 0.163 e. The van der Waals surface area contributed by atoms with Gasteiger partial charge in [0, 0.05) is 17.7 Å². The minimum atomic E-state index is -0.246. The molecule has 0 saturated carbocycles. The molecular weight excluding hydrogens is 269 g/mol. The van der Waals surface area contributed by atoms with Gasteiger partial charge in [0.05, 0.1) is 14.2 Å². The number of halogens is 1. The zero-order valence-corrected chi connectivity index (χ0v) is 13.8. The second-order valence-electron chi connectivity index (χ2n) is 5.43. The average molecular weight is 297 g/mol. The van der Waals surface area contributed by atoms with Crippen LogP contribution in [0.15, 0.2) is 12.1 Å². The minimum absolute atomic E-state index is 0.00953. The summed E-state index contributed by atoms with van der Waals surface area (Å²) in [7, 11) is 3.09. The van der Waals surface area contributed by atoms with Gasteiger partial charge in [0.2, 0.25) is 0 Å². The molecule has 1 N–H and O–H groups in total. The SMILES string of the molecule is CCCNC(c1cc(OC)c(OC)cc1F)C(C)CCC. The van der Waals surface area contributed by atoms with Crippen LogP contribution in [0.2, 0.25) is 0 Å². The summed E-state index contributed by atoms with van der Waals surface area (Å²) in [5, 5.41) is 3.46. The first kappa shape index (κ1) is 17.8. The first-order valence-electron chi connectivity index (χ1n) is 7.73. The van der Waals surface area contributed by atoms with E-state index in [-0.39, 0.29) is 11.9 Å². The fraction of sp³-hybridized carbons (Fsp3) is 0.647. The molecular formula is C17H28FNO2. The molecule has 0 saturated heterocycles. The van der Waals surface area contributed by atoms with Crippen molar-refractivity contribution in [1.29, 1.82) is 0 Å². The Morgan fingerprint density at radius 2 is 1.71 bits per heavy atom. The molecule has 1 rings (SSSR count). The average Bonchev–Trinajstić information content (AvgIpc) is 2.48. The van der Waals surface area contributed by atoms with Crippen LogP contribution in [-0.4, -0.2) is 20.8 Å². The van der Waals surface area contributed by atoms with Crippen molar-refractivity contribution in [1.82, 2.24) is 5.32 Å². The Kier molecular flexibility index (Phi) is 7.51. The quantitative estimate of drug-likeness (QED) is 0.736. The first-order chi connectivity index (χ1) is 10.1. The molecule has 2 unspecified atom stereocenters. The second kappa shape index (κ2) is 8.88. The molecule has 0 aliphatic heterocycles. The third-order valence-electron chi connectivity index (χ3n) is 3.77. The highest BCUT2D eigenvalue weighted by Gasteiger charge is 2.23. The molecule has 0 radical (unpaired) electrons. The number of rotatable bonds is 9. The van der Waals surface area contributed by atoms with E-state index in [1.54, 1.807) is 13.2 Å². The molecule has 1 aromatic rings. The van der Waals surface area contributed by atoms with Crippen LogP contribution < -0.4 is 14.8 Å². The minimum Gasteiger partial charge on any atom is -0.493 e. The molecule has 2 atom stereocenters. The molecule has 0 heterocycles. The molecule has 0 aliphatic rings. The molecule has 0 aromatic heterocycles. The first-order valence-corrected chi connectivity index (χ1v) is 7.73. The Bertz CT molecular complexity index is 437. The Labute approximate surface area is 127 Å². The van der Waals surface area contributed by atoms with Gasteiger partial charge >= 0.3 is 0 Å². The van der Waals surface area contributed by atoms with Crippen molar-refractivity contribution in [2.24, 2.45) is 5.92 Å². The van der Waals surface area contributed by atoms with E-state index in [1.165, 1.54) is 13.2 Å². The lowest BCUT2D eigenvalue weighted by atomic mass is 9.90. The molecule has 1 aromatic carbocycles. The van der Waals surface area contributed by atoms with Gasteiger partial charge in [-0.15, -0.1) is 0 Å². The molecule has 4 heteroatoms. The van der Waals surface area contributed by atoms with Gasteiger partial charge in [-0.05, 0) is 31.4 Å². The predicted octanol–water partition coefficient (Wildman–Crippen LogP) is 4.32. The lowest BCUT2D eigenvalue weighted by molar-refractivity contribution is 0.336. The van der Waals surface area contributed by atoms with Crippen molar-refractivity contribution < 1.29 is 13.9 Å². The second-order valence-corrected chi connectivity index (χ2v) is 5.43. The number of benzene rings is 1. The van der Waals surface area contributed by atoms with Gasteiger partial charge in [-0.1, -0.05) is 27.2 Å². The van der Waals surface area contributed by atoms with E-state index in [0.717, 1.165) is 25.8 Å². The Balaban J connectivity index is 3.16. The van der Waals surface area contributed by atoms with E-state index in [4.69, 9.17) is 9.47 Å². The summed E-state index contributed by atoms with van der Waals surface area (Å²) in [6.45, 7) is 7.29. The van der Waals surface area contributed by atoms with Gasteiger partial charge in [-0.2, -0.15) is 0 Å². The summed E-state index contributed by atoms with van der Waals surface area (Å²) in [5.74, 6) is 1.11. The van der Waals surface area contributed by atoms with Gasteiger partial charge in [-0.3, -0.25) is 0 Å². The fourth-order valence-electron chi connectivity index (χ4n) is 2.65. The molecule has 0 amide bonds. The van der Waals surface area contributed by atoms with Crippen molar-refractivity contribution in [2.75, 3.05) is 20.8 Å². The standard InChI is InChI=1S/C17H28FNO2/c1-6-8-12(3)17(19-9-7-2)13-10-15(20-4)16(21-5)11-14(13)18/h10-12,17,19H,6-9H2,1-5H3. The molecule has 120 valence electrons. The van der Waals surface area contributed by atoms with Crippen LogP contribution in [0.3, 0.4) is 0 Å². The number of methoxy groups -OCH3 is 2. The third-order valence-corrected chi connectivity index (χ3v) is 3.77. The van der Waals surface area contributed by atoms with Crippen molar-refractivity contribution in [2.45, 2.75) is 46.1 Å². The largest absolute Gasteiger partial charge is 0.493 e. The zero-order chi connectivity index (χ0) is 15.8. The van der Waals surface area contributed by atoms with E-state index < -0.39 is 0 Å². The van der Waals surface area contributed by atoms with Gasteiger partial charge < -0.3 is 14.8 Å². The van der Waals surface area contributed by atoms with Crippen LogP contribution in [0, 0.1) is 11.7 Å². The molecule has 3 nitrogen and oxygen atoms in total. The van der Waals surface area contributed by atoms with Crippen molar-refractivity contribution >= 4 is 0 Å². The summed E-state index contributed by atoms with van der Waals surface area (Å²) in [5.41, 5.74) is 0.655. The van der Waals surface area contributed by atoms with E-state index in [2.05, 4.69) is 26.1 Å². The topological polar surface area (TPSA) is 30.5 Å². The number of hydrogen-bond acceptors (Lipinski definition) is 3. The monoisotopic (exact) mass is 297 g/mol. The highest BCUT2D eigenvalue weighted by molar-refractivity contribution is 5.44. The van der Waals surface area contributed by atoms with Gasteiger partial charge in [0.15, 0.2) is 11.5 Å². The van der Waals surface area contributed by atoms with Crippen LogP contribution in [0.5, 0.6) is 11.5 Å². The molecule has 21 heavy (non-hydrogen) atoms. The highest BCUT2D eigenvalue weighted by atomic mass is 19.1. The molecule has 0 bridgehead atoms. The lowest BCUT2D eigenvalue weighted by Gasteiger charge is -2.26. The van der Waals surface area contributed by atoms with E-state index in [1.807, 2.05) is 0 Å². The number of nitrogens with one attached hydrogen (secondary N) is 1. The van der Waals surface area contributed by atoms with Crippen LogP contribution in [0.1, 0.15) is 51.6 Å². The van der Waals surface area contributed by atoms with E-state index in [0.29, 0.717) is 23.0 Å². The van der Waals surface area contributed by atoms with Gasteiger partial charge in [0.25, 0.3) is 0 Å². The Morgan fingerprint density at radius 3 is 2.24 bits per heavy atom. The van der Waals surface area contributed by atoms with Crippen molar-refractivity contribution in [3.05, 3.63) is 23.5 Å². The summed E-state index contributed by atoms with van der Waals surface area (Å²) < 4.78 is 24.9. The van der Waals surface area contributed by atoms with Crippen LogP contribution in [-0.2, 0) is 0 Å². The molecule has 0 spiro atoms. The summed E-state index contributed by atoms with van der Waals surface area (Å²) in [6, 6.07) is 3.16. The smallest absolute Gasteiger partial charge is 0.163 e. The summed E-state index contributed by atoms with van der Waals surface area (Å²) >= 11 is 0. The maximum atomic E-state index is 14.5. The van der Waals surface area contributed by atoms with Crippen LogP contribution >= 0.6 is 0 Å². The Hall–Kier alpha value is -1.29. The maximum absolute atomic E-state index is 14.5. The zero-order valence-electron chi connectivity index (χ0n) is 13.8. The van der Waals surface area contributed by atoms with Crippen LogP contribution in [0.4, 0.5) is 4.39 Å². The molecule has 0 aliphatic carbocycles. The summed E-state index contributed by atoms with van der Waals surface area (Å²) in [6.07, 6.45) is 3.15. The van der Waals surface area contributed by atoms with Gasteiger partial charge in [0.1, 0.15) is 5.82 Å². The predicted molar refractivity (Wildman–Crippen MR) is 84.6 cm³/mol. The number of ether oxygens (including phenoxy) is 2.